The van der Waals surface area contributed by atoms with Crippen LogP contribution in [0.4, 0.5) is 13.2 Å². The monoisotopic (exact) mass is 379 g/mol. The lowest BCUT2D eigenvalue weighted by Gasteiger charge is -2.30. The Kier molecular flexibility index (Phi) is 4.46. The zero-order chi connectivity index (χ0) is 20.1. The molecule has 0 aliphatic rings. The molecule has 0 fully saturated rings. The third kappa shape index (κ3) is 2.86. The number of aromatic amines is 1. The topological polar surface area (TPSA) is 66.2 Å². The first kappa shape index (κ1) is 19.2. The fourth-order valence-electron chi connectivity index (χ4n) is 3.61. The highest BCUT2D eigenvalue weighted by atomic mass is 19.4. The van der Waals surface area contributed by atoms with Gasteiger partial charge in [0.1, 0.15) is 5.58 Å². The smallest absolute Gasteiger partial charge is 0.422 e. The summed E-state index contributed by atoms with van der Waals surface area (Å²) in [5, 5.41) is 11.2. The van der Waals surface area contributed by atoms with Crippen LogP contribution in [-0.2, 0) is 12.0 Å². The fourth-order valence-corrected chi connectivity index (χ4v) is 3.61. The maximum atomic E-state index is 14.1. The number of fused-ring (bicyclic) bond motifs is 1. The summed E-state index contributed by atoms with van der Waals surface area (Å²) in [7, 11) is 0. The van der Waals surface area contributed by atoms with Crippen molar-refractivity contribution in [2.24, 2.45) is 0 Å². The molecule has 0 bridgehead atoms. The van der Waals surface area contributed by atoms with Crippen molar-refractivity contribution in [2.75, 3.05) is 0 Å². The van der Waals surface area contributed by atoms with E-state index in [1.165, 1.54) is 13.0 Å². The predicted octanol–water partition coefficient (Wildman–Crippen LogP) is 4.41. The number of aromatic nitrogens is 1. The lowest BCUT2D eigenvalue weighted by atomic mass is 9.87. The molecule has 0 saturated heterocycles. The number of nitrogens with one attached hydrogen (secondary N) is 1. The fraction of sp³-hybridized carbons (Fsp3) is 0.350. The van der Waals surface area contributed by atoms with Gasteiger partial charge in [0.15, 0.2) is 0 Å². The van der Waals surface area contributed by atoms with E-state index in [1.54, 1.807) is 26.0 Å². The Bertz CT molecular complexity index is 1080. The van der Waals surface area contributed by atoms with Gasteiger partial charge in [-0.1, -0.05) is 18.6 Å². The molecular formula is C20H20F3NO3. The van der Waals surface area contributed by atoms with Crippen LogP contribution in [0.1, 0.15) is 40.6 Å². The minimum atomic E-state index is -5.13. The summed E-state index contributed by atoms with van der Waals surface area (Å²) in [6.07, 6.45) is -4.64. The first-order valence-electron chi connectivity index (χ1n) is 8.53. The Hall–Kier alpha value is -2.54. The normalized spacial score (nSPS) is 14.5. The highest BCUT2D eigenvalue weighted by Gasteiger charge is 2.60. The van der Waals surface area contributed by atoms with Crippen LogP contribution in [0, 0.1) is 20.8 Å². The van der Waals surface area contributed by atoms with Gasteiger partial charge in [0.2, 0.25) is 5.60 Å². The van der Waals surface area contributed by atoms with Gasteiger partial charge in [-0.25, -0.2) is 4.79 Å². The first-order valence-corrected chi connectivity index (χ1v) is 8.53. The van der Waals surface area contributed by atoms with Crippen molar-refractivity contribution in [1.82, 2.24) is 4.98 Å². The average molecular weight is 379 g/mol. The second-order valence-corrected chi connectivity index (χ2v) is 6.78. The molecule has 0 saturated carbocycles. The van der Waals surface area contributed by atoms with E-state index in [2.05, 4.69) is 4.98 Å². The van der Waals surface area contributed by atoms with Crippen molar-refractivity contribution in [3.63, 3.8) is 0 Å². The van der Waals surface area contributed by atoms with Crippen molar-refractivity contribution in [1.29, 1.82) is 0 Å². The molecule has 3 aromatic rings. The predicted molar refractivity (Wildman–Crippen MR) is 95.9 cm³/mol. The molecular weight excluding hydrogens is 359 g/mol. The van der Waals surface area contributed by atoms with E-state index in [0.29, 0.717) is 23.1 Å². The van der Waals surface area contributed by atoms with Gasteiger partial charge in [0.25, 0.3) is 0 Å². The number of aliphatic hydroxyl groups is 1. The molecule has 3 rings (SSSR count). The van der Waals surface area contributed by atoms with Gasteiger partial charge < -0.3 is 14.5 Å². The van der Waals surface area contributed by atoms with Gasteiger partial charge in [0.05, 0.1) is 11.3 Å². The van der Waals surface area contributed by atoms with E-state index < -0.39 is 28.7 Å². The van der Waals surface area contributed by atoms with E-state index in [1.807, 2.05) is 6.92 Å². The SMILES string of the molecule is CCc1c(C)[nH]c(C(O)(c2cc3cc(C)ccc3oc2=O)C(F)(F)F)c1C. The largest absolute Gasteiger partial charge is 0.427 e. The highest BCUT2D eigenvalue weighted by molar-refractivity contribution is 5.78. The van der Waals surface area contributed by atoms with Gasteiger partial charge in [-0.15, -0.1) is 0 Å². The number of aryl methyl sites for hydroxylation is 2. The number of H-pyrrole nitrogens is 1. The first-order chi connectivity index (χ1) is 12.5. The molecule has 0 aliphatic heterocycles. The Balaban J connectivity index is 2.39. The number of halogens is 3. The van der Waals surface area contributed by atoms with Crippen molar-refractivity contribution in [2.45, 2.75) is 45.9 Å². The number of hydrogen-bond acceptors (Lipinski definition) is 3. The third-order valence-corrected chi connectivity index (χ3v) is 5.00. The van der Waals surface area contributed by atoms with Crippen LogP contribution in [0.25, 0.3) is 11.0 Å². The van der Waals surface area contributed by atoms with E-state index in [0.717, 1.165) is 11.6 Å². The van der Waals surface area contributed by atoms with E-state index in [9.17, 15) is 23.1 Å². The van der Waals surface area contributed by atoms with Crippen LogP contribution >= 0.6 is 0 Å². The van der Waals surface area contributed by atoms with Gasteiger partial charge in [-0.3, -0.25) is 0 Å². The number of benzene rings is 1. The molecule has 2 heterocycles. The maximum Gasteiger partial charge on any atom is 0.427 e. The molecule has 144 valence electrons. The van der Waals surface area contributed by atoms with Crippen LogP contribution in [-0.4, -0.2) is 16.3 Å². The van der Waals surface area contributed by atoms with Crippen LogP contribution in [0.5, 0.6) is 0 Å². The summed E-state index contributed by atoms with van der Waals surface area (Å²) in [4.78, 5) is 15.1. The molecule has 2 N–H and O–H groups in total. The van der Waals surface area contributed by atoms with Crippen molar-refractivity contribution in [3.8, 4) is 0 Å². The lowest BCUT2D eigenvalue weighted by molar-refractivity contribution is -0.250. The summed E-state index contributed by atoms with van der Waals surface area (Å²) < 4.78 is 47.4. The Labute approximate surface area is 153 Å². The molecule has 1 atom stereocenters. The zero-order valence-corrected chi connectivity index (χ0v) is 15.4. The van der Waals surface area contributed by atoms with E-state index >= 15 is 0 Å². The minimum Gasteiger partial charge on any atom is -0.422 e. The number of alkyl halides is 3. The zero-order valence-electron chi connectivity index (χ0n) is 15.4. The molecule has 0 spiro atoms. The molecule has 27 heavy (non-hydrogen) atoms. The van der Waals surface area contributed by atoms with Crippen molar-refractivity contribution >= 4 is 11.0 Å². The second kappa shape index (κ2) is 6.27. The van der Waals surface area contributed by atoms with Gasteiger partial charge in [-0.2, -0.15) is 13.2 Å². The standard InChI is InChI=1S/C20H20F3NO3/c1-5-14-11(3)17(24-12(14)4)19(26,20(21,22)23)15-9-13-8-10(2)6-7-16(13)27-18(15)25/h6-9,24,26H,5H2,1-4H3. The van der Waals surface area contributed by atoms with Crippen molar-refractivity contribution in [3.05, 3.63) is 68.3 Å². The molecule has 0 amide bonds. The third-order valence-electron chi connectivity index (χ3n) is 5.00. The summed E-state index contributed by atoms with van der Waals surface area (Å²) in [5.41, 5.74) is -3.63. The van der Waals surface area contributed by atoms with E-state index in [-0.39, 0.29) is 11.1 Å². The Morgan fingerprint density at radius 1 is 1.15 bits per heavy atom. The Morgan fingerprint density at radius 3 is 2.37 bits per heavy atom. The second-order valence-electron chi connectivity index (χ2n) is 6.78. The van der Waals surface area contributed by atoms with Gasteiger partial charge in [0, 0.05) is 11.1 Å². The maximum absolute atomic E-state index is 14.1. The van der Waals surface area contributed by atoms with Crippen LogP contribution in [0.2, 0.25) is 0 Å². The quantitative estimate of drug-likeness (QED) is 0.663. The molecule has 1 aromatic carbocycles. The van der Waals surface area contributed by atoms with Gasteiger partial charge >= 0.3 is 11.8 Å². The van der Waals surface area contributed by atoms with E-state index in [4.69, 9.17) is 4.42 Å². The molecule has 0 aliphatic carbocycles. The average Bonchev–Trinajstić information content (AvgIpc) is 2.87. The van der Waals surface area contributed by atoms with Crippen LogP contribution < -0.4 is 5.63 Å². The molecule has 2 aromatic heterocycles. The minimum absolute atomic E-state index is 0.160. The van der Waals surface area contributed by atoms with Crippen LogP contribution in [0.15, 0.2) is 33.5 Å². The summed E-state index contributed by atoms with van der Waals surface area (Å²) in [5.74, 6) is 0. The lowest BCUT2D eigenvalue weighted by Crippen LogP contribution is -2.47. The highest BCUT2D eigenvalue weighted by Crippen LogP contribution is 2.45. The molecule has 7 heteroatoms. The van der Waals surface area contributed by atoms with Crippen molar-refractivity contribution < 1.29 is 22.7 Å². The van der Waals surface area contributed by atoms with Gasteiger partial charge in [-0.05, 0) is 56.5 Å². The molecule has 0 radical (unpaired) electrons. The summed E-state index contributed by atoms with van der Waals surface area (Å²) in [6.45, 7) is 6.72. The molecule has 4 nitrogen and oxygen atoms in total. The van der Waals surface area contributed by atoms with Crippen LogP contribution in [0.3, 0.4) is 0 Å². The number of hydrogen-bond donors (Lipinski definition) is 2. The number of rotatable bonds is 3. The summed E-state index contributed by atoms with van der Waals surface area (Å²) >= 11 is 0. The summed E-state index contributed by atoms with van der Waals surface area (Å²) in [6, 6.07) is 5.86. The molecule has 1 unspecified atom stereocenters. The Morgan fingerprint density at radius 2 is 1.81 bits per heavy atom.